The number of hydrogen-bond donors (Lipinski definition) is 0. The molecule has 1 nitrogen and oxygen atoms in total. The minimum Gasteiger partial charge on any atom is -0.309 e. The fourth-order valence-corrected chi connectivity index (χ4v) is 12.4. The average Bonchev–Trinajstić information content (AvgIpc) is 3.81. The molecule has 0 bridgehead atoms. The van der Waals surface area contributed by atoms with Gasteiger partial charge in [0.15, 0.2) is 0 Å². The van der Waals surface area contributed by atoms with E-state index in [0.29, 0.717) is 0 Å². The van der Waals surface area contributed by atoms with Gasteiger partial charge in [0, 0.05) is 33.1 Å². The van der Waals surface area contributed by atoms with Gasteiger partial charge in [-0.05, 0) is 121 Å². The van der Waals surface area contributed by atoms with Crippen LogP contribution in [-0.4, -0.2) is 0 Å². The van der Waals surface area contributed by atoms with Gasteiger partial charge in [-0.2, -0.15) is 0 Å². The first-order valence-corrected chi connectivity index (χ1v) is 22.5. The van der Waals surface area contributed by atoms with Crippen LogP contribution in [0.4, 0.5) is 17.1 Å². The number of benzene rings is 8. The van der Waals surface area contributed by atoms with E-state index in [4.69, 9.17) is 0 Å². The summed E-state index contributed by atoms with van der Waals surface area (Å²) in [4.78, 5) is 2.58. The highest BCUT2D eigenvalue weighted by Gasteiger charge is 2.44. The molecule has 8 aromatic rings. The van der Waals surface area contributed by atoms with E-state index in [9.17, 15) is 0 Å². The van der Waals surface area contributed by atoms with E-state index < -0.39 is 0 Å². The summed E-state index contributed by atoms with van der Waals surface area (Å²) in [5.74, 6) is 0. The summed E-state index contributed by atoms with van der Waals surface area (Å²) >= 11 is 0. The maximum atomic E-state index is 2.58. The second kappa shape index (κ2) is 13.3. The predicted octanol–water partition coefficient (Wildman–Crippen LogP) is 16.3. The second-order valence-electron chi connectivity index (χ2n) is 19.1. The van der Waals surface area contributed by atoms with Crippen LogP contribution in [0, 0.1) is 0 Å². The van der Waals surface area contributed by atoms with Crippen LogP contribution in [0.1, 0.15) is 93.2 Å². The van der Waals surface area contributed by atoms with E-state index in [0.717, 1.165) is 0 Å². The van der Waals surface area contributed by atoms with E-state index in [2.05, 4.69) is 209 Å². The standard InChI is InChI=1S/C60H51N/c1-58(2)50-26-12-8-23-47(50)57-46(24-18-28-53(57)58)45-22-10-15-30-56(45)61(40-32-34-52-48(38-40)43-21-7-13-27-51(43)60(52)35-16-5-17-36-60)55-29-14-9-19-41(55)39-31-33-44-42-20-6-11-25-49(42)59(3,4)54(44)37-39/h6-15,18-34,37-38H,5,16-17,35-36H2,1-4H3. The Balaban J connectivity index is 1.10. The highest BCUT2D eigenvalue weighted by Crippen LogP contribution is 2.59. The van der Waals surface area contributed by atoms with Gasteiger partial charge in [-0.25, -0.2) is 0 Å². The van der Waals surface area contributed by atoms with Crippen molar-refractivity contribution in [3.63, 3.8) is 0 Å². The quantitative estimate of drug-likeness (QED) is 0.168. The van der Waals surface area contributed by atoms with Crippen LogP contribution in [0.25, 0.3) is 55.6 Å². The maximum absolute atomic E-state index is 2.58. The van der Waals surface area contributed by atoms with Crippen LogP contribution in [0.3, 0.4) is 0 Å². The number of hydrogen-bond acceptors (Lipinski definition) is 1. The van der Waals surface area contributed by atoms with Crippen LogP contribution in [0.2, 0.25) is 0 Å². The van der Waals surface area contributed by atoms with Crippen LogP contribution >= 0.6 is 0 Å². The van der Waals surface area contributed by atoms with Gasteiger partial charge in [0.25, 0.3) is 0 Å². The lowest BCUT2D eigenvalue weighted by Gasteiger charge is -2.36. The van der Waals surface area contributed by atoms with Crippen molar-refractivity contribution in [3.8, 4) is 55.6 Å². The number of para-hydroxylation sites is 2. The smallest absolute Gasteiger partial charge is 0.0540 e. The van der Waals surface area contributed by atoms with Crippen LogP contribution in [0.15, 0.2) is 176 Å². The fourth-order valence-electron chi connectivity index (χ4n) is 12.4. The van der Waals surface area contributed by atoms with Gasteiger partial charge in [-0.15, -0.1) is 0 Å². The Hall–Kier alpha value is -6.44. The molecule has 4 aliphatic carbocycles. The van der Waals surface area contributed by atoms with Gasteiger partial charge in [-0.1, -0.05) is 193 Å². The molecular formula is C60H51N. The van der Waals surface area contributed by atoms with Crippen molar-refractivity contribution in [1.29, 1.82) is 0 Å². The molecule has 4 aliphatic rings. The van der Waals surface area contributed by atoms with E-state index >= 15 is 0 Å². The second-order valence-corrected chi connectivity index (χ2v) is 19.1. The monoisotopic (exact) mass is 785 g/mol. The van der Waals surface area contributed by atoms with Gasteiger partial charge < -0.3 is 4.90 Å². The maximum Gasteiger partial charge on any atom is 0.0540 e. The highest BCUT2D eigenvalue weighted by atomic mass is 15.1. The Bertz CT molecular complexity index is 3080. The molecule has 0 amide bonds. The fraction of sp³-hybridized carbons (Fsp3) is 0.200. The lowest BCUT2D eigenvalue weighted by Crippen LogP contribution is -2.28. The number of rotatable bonds is 5. The zero-order valence-electron chi connectivity index (χ0n) is 35.7. The summed E-state index contributed by atoms with van der Waals surface area (Å²) < 4.78 is 0. The lowest BCUT2D eigenvalue weighted by molar-refractivity contribution is 0.353. The third-order valence-corrected chi connectivity index (χ3v) is 15.3. The molecule has 1 fully saturated rings. The third-order valence-electron chi connectivity index (χ3n) is 15.3. The molecule has 0 N–H and O–H groups in total. The zero-order chi connectivity index (χ0) is 41.1. The summed E-state index contributed by atoms with van der Waals surface area (Å²) in [7, 11) is 0. The van der Waals surface area contributed by atoms with Gasteiger partial charge in [0.05, 0.1) is 11.4 Å². The Kier molecular flexibility index (Phi) is 7.93. The normalized spacial score (nSPS) is 16.6. The molecule has 1 heteroatoms. The molecular weight excluding hydrogens is 735 g/mol. The molecule has 61 heavy (non-hydrogen) atoms. The first-order chi connectivity index (χ1) is 29.8. The molecule has 1 saturated carbocycles. The highest BCUT2D eigenvalue weighted by molar-refractivity contribution is 6.00. The molecule has 8 aromatic carbocycles. The van der Waals surface area contributed by atoms with Crippen molar-refractivity contribution >= 4 is 17.1 Å². The van der Waals surface area contributed by atoms with Gasteiger partial charge in [0.1, 0.15) is 0 Å². The van der Waals surface area contributed by atoms with E-state index in [1.54, 1.807) is 0 Å². The van der Waals surface area contributed by atoms with Gasteiger partial charge in [-0.3, -0.25) is 0 Å². The van der Waals surface area contributed by atoms with Crippen molar-refractivity contribution in [3.05, 3.63) is 209 Å². The summed E-state index contributed by atoms with van der Waals surface area (Å²) in [5.41, 5.74) is 25.2. The van der Waals surface area contributed by atoms with Crippen LogP contribution in [-0.2, 0) is 16.2 Å². The average molecular weight is 786 g/mol. The summed E-state index contributed by atoms with van der Waals surface area (Å²) in [6.07, 6.45) is 6.34. The topological polar surface area (TPSA) is 3.24 Å². The van der Waals surface area contributed by atoms with Crippen molar-refractivity contribution in [1.82, 2.24) is 0 Å². The molecule has 0 aromatic heterocycles. The molecule has 0 atom stereocenters. The van der Waals surface area contributed by atoms with Crippen LogP contribution in [0.5, 0.6) is 0 Å². The number of anilines is 3. The summed E-state index contributed by atoms with van der Waals surface area (Å²) in [5, 5.41) is 0. The number of fused-ring (bicyclic) bond motifs is 11. The van der Waals surface area contributed by atoms with Crippen molar-refractivity contribution in [2.24, 2.45) is 0 Å². The lowest BCUT2D eigenvalue weighted by atomic mass is 9.68. The molecule has 0 unspecified atom stereocenters. The van der Waals surface area contributed by atoms with E-state index in [1.807, 2.05) is 0 Å². The van der Waals surface area contributed by atoms with E-state index in [-0.39, 0.29) is 16.2 Å². The zero-order valence-corrected chi connectivity index (χ0v) is 35.7. The van der Waals surface area contributed by atoms with Crippen molar-refractivity contribution in [2.45, 2.75) is 76.0 Å². The largest absolute Gasteiger partial charge is 0.309 e. The van der Waals surface area contributed by atoms with Crippen LogP contribution < -0.4 is 4.90 Å². The van der Waals surface area contributed by atoms with Crippen molar-refractivity contribution < 1.29 is 0 Å². The first-order valence-electron chi connectivity index (χ1n) is 22.5. The predicted molar refractivity (Wildman–Crippen MR) is 256 cm³/mol. The molecule has 0 aliphatic heterocycles. The molecule has 0 saturated heterocycles. The number of nitrogens with zero attached hydrogens (tertiary/aromatic N) is 1. The molecule has 12 rings (SSSR count). The minimum atomic E-state index is -0.0939. The summed E-state index contributed by atoms with van der Waals surface area (Å²) in [6, 6.07) is 67.2. The Morgan fingerprint density at radius 3 is 1.59 bits per heavy atom. The SMILES string of the molecule is CC1(C)c2ccccc2-c2ccc(-c3ccccc3N(c3ccc4c(c3)-c3ccccc3C43CCCCC3)c3ccccc3-c3cccc4c3-c3ccccc3C4(C)C)cc21. The molecule has 296 valence electrons. The Morgan fingerprint density at radius 1 is 0.344 bits per heavy atom. The van der Waals surface area contributed by atoms with Crippen molar-refractivity contribution in [2.75, 3.05) is 4.90 Å². The van der Waals surface area contributed by atoms with E-state index in [1.165, 1.54) is 138 Å². The molecule has 1 spiro atoms. The Morgan fingerprint density at radius 2 is 0.852 bits per heavy atom. The Labute approximate surface area is 361 Å². The van der Waals surface area contributed by atoms with Gasteiger partial charge in [0.2, 0.25) is 0 Å². The molecule has 0 heterocycles. The van der Waals surface area contributed by atoms with Gasteiger partial charge >= 0.3 is 0 Å². The summed E-state index contributed by atoms with van der Waals surface area (Å²) in [6.45, 7) is 9.53. The molecule has 0 radical (unpaired) electrons. The minimum absolute atomic E-state index is 0.0907. The first kappa shape index (κ1) is 36.4. The third kappa shape index (κ3) is 5.13.